The third-order valence-corrected chi connectivity index (χ3v) is 5.67. The van der Waals surface area contributed by atoms with Gasteiger partial charge in [0.15, 0.2) is 11.6 Å². The topological polar surface area (TPSA) is 84.3 Å². The van der Waals surface area contributed by atoms with Crippen LogP contribution in [0.2, 0.25) is 0 Å². The summed E-state index contributed by atoms with van der Waals surface area (Å²) >= 11 is 0. The largest absolute Gasteiger partial charge is 0.350 e. The predicted octanol–water partition coefficient (Wildman–Crippen LogP) is 3.26. The Balaban J connectivity index is 1.29. The Morgan fingerprint density at radius 1 is 0.839 bits per heavy atom. The number of aryl methyl sites for hydroxylation is 1. The molecule has 5 rings (SSSR count). The fourth-order valence-corrected chi connectivity index (χ4v) is 4.05. The van der Waals surface area contributed by atoms with E-state index in [-0.39, 0.29) is 5.92 Å². The van der Waals surface area contributed by atoms with Gasteiger partial charge >= 0.3 is 0 Å². The van der Waals surface area contributed by atoms with Crippen molar-refractivity contribution < 1.29 is 9.15 Å². The molecule has 0 spiro atoms. The van der Waals surface area contributed by atoms with Gasteiger partial charge in [-0.05, 0) is 23.2 Å². The number of aromatic nitrogens is 4. The van der Waals surface area contributed by atoms with Crippen molar-refractivity contribution in [3.63, 3.8) is 0 Å². The second-order valence-electron chi connectivity index (χ2n) is 7.74. The minimum absolute atomic E-state index is 0.0561. The average molecular weight is 416 g/mol. The molecule has 2 aromatic heterocycles. The maximum Gasteiger partial charge on any atom is 0.240 e. The first-order chi connectivity index (χ1) is 15.3. The highest BCUT2D eigenvalue weighted by atomic mass is 16.6. The summed E-state index contributed by atoms with van der Waals surface area (Å²) in [5, 5.41) is 12.2. The van der Waals surface area contributed by atoms with E-state index >= 15 is 0 Å². The lowest BCUT2D eigenvalue weighted by atomic mass is 9.91. The Morgan fingerprint density at radius 3 is 2.06 bits per heavy atom. The number of hydrogen-bond acceptors (Lipinski definition) is 8. The van der Waals surface area contributed by atoms with Gasteiger partial charge in [0.05, 0.1) is 12.5 Å². The van der Waals surface area contributed by atoms with Crippen LogP contribution in [0.25, 0.3) is 0 Å². The second kappa shape index (κ2) is 8.69. The first kappa shape index (κ1) is 19.4. The zero-order valence-corrected chi connectivity index (χ0v) is 17.4. The van der Waals surface area contributed by atoms with Crippen LogP contribution in [0.15, 0.2) is 69.8 Å². The molecule has 0 saturated carbocycles. The summed E-state index contributed by atoms with van der Waals surface area (Å²) in [5.74, 6) is 2.10. The normalized spacial score (nSPS) is 15.0. The van der Waals surface area contributed by atoms with Crippen LogP contribution in [0.3, 0.4) is 0 Å². The van der Waals surface area contributed by atoms with E-state index in [1.165, 1.54) is 0 Å². The smallest absolute Gasteiger partial charge is 0.240 e. The van der Waals surface area contributed by atoms with Gasteiger partial charge in [0, 0.05) is 26.2 Å². The average Bonchev–Trinajstić information content (AvgIpc) is 3.45. The van der Waals surface area contributed by atoms with Gasteiger partial charge in [-0.15, -0.1) is 0 Å². The molecule has 2 aromatic carbocycles. The first-order valence-corrected chi connectivity index (χ1v) is 10.5. The zero-order chi connectivity index (χ0) is 21.0. The summed E-state index contributed by atoms with van der Waals surface area (Å²) in [5.41, 5.74) is 3.11. The van der Waals surface area contributed by atoms with Crippen molar-refractivity contribution in [2.75, 3.05) is 31.1 Å². The molecule has 0 N–H and O–H groups in total. The van der Waals surface area contributed by atoms with Crippen molar-refractivity contribution in [1.82, 2.24) is 25.4 Å². The van der Waals surface area contributed by atoms with Crippen molar-refractivity contribution >= 4 is 5.82 Å². The van der Waals surface area contributed by atoms with Gasteiger partial charge in [-0.1, -0.05) is 71.0 Å². The van der Waals surface area contributed by atoms with Gasteiger partial charge in [0.2, 0.25) is 5.89 Å². The molecule has 0 atom stereocenters. The Kier molecular flexibility index (Phi) is 5.45. The van der Waals surface area contributed by atoms with Crippen molar-refractivity contribution in [2.24, 2.45) is 0 Å². The fraction of sp³-hybridized carbons (Fsp3) is 0.304. The zero-order valence-electron chi connectivity index (χ0n) is 17.4. The maximum absolute atomic E-state index is 5.66. The van der Waals surface area contributed by atoms with Crippen molar-refractivity contribution in [3.8, 4) is 0 Å². The Morgan fingerprint density at radius 2 is 1.48 bits per heavy atom. The molecule has 0 amide bonds. The van der Waals surface area contributed by atoms with Gasteiger partial charge in [-0.2, -0.15) is 4.98 Å². The SMILES string of the molecule is Cc1nonc1N1CCN(Cc2nc(C(c3ccccc3)c3ccccc3)no2)CC1. The molecule has 0 aliphatic carbocycles. The molecular formula is C23H24N6O2. The van der Waals surface area contributed by atoms with Crippen LogP contribution in [-0.4, -0.2) is 51.5 Å². The Labute approximate surface area is 180 Å². The monoisotopic (exact) mass is 416 g/mol. The van der Waals surface area contributed by atoms with Gasteiger partial charge < -0.3 is 9.42 Å². The minimum Gasteiger partial charge on any atom is -0.350 e. The highest BCUT2D eigenvalue weighted by Crippen LogP contribution is 2.30. The van der Waals surface area contributed by atoms with E-state index in [1.54, 1.807) is 0 Å². The highest BCUT2D eigenvalue weighted by Gasteiger charge is 2.25. The molecule has 4 aromatic rings. The van der Waals surface area contributed by atoms with E-state index in [2.05, 4.69) is 49.5 Å². The summed E-state index contributed by atoms with van der Waals surface area (Å²) in [6.07, 6.45) is 0. The van der Waals surface area contributed by atoms with Crippen LogP contribution < -0.4 is 4.90 Å². The lowest BCUT2D eigenvalue weighted by Gasteiger charge is -2.33. The van der Waals surface area contributed by atoms with Crippen molar-refractivity contribution in [2.45, 2.75) is 19.4 Å². The lowest BCUT2D eigenvalue weighted by molar-refractivity contribution is 0.214. The standard InChI is InChI=1S/C23H24N6O2/c1-17-23(27-31-25-17)29-14-12-28(13-15-29)16-20-24-22(26-30-20)21(18-8-4-2-5-9-18)19-10-6-3-7-11-19/h2-11,21H,12-16H2,1H3. The summed E-state index contributed by atoms with van der Waals surface area (Å²) in [6, 6.07) is 20.6. The third kappa shape index (κ3) is 4.20. The Hall–Kier alpha value is -3.52. The number of benzene rings is 2. The lowest BCUT2D eigenvalue weighted by Crippen LogP contribution is -2.46. The molecule has 8 nitrogen and oxygen atoms in total. The number of piperazine rings is 1. The molecule has 8 heteroatoms. The number of hydrogen-bond donors (Lipinski definition) is 0. The summed E-state index contributed by atoms with van der Waals surface area (Å²) in [7, 11) is 0. The maximum atomic E-state index is 5.66. The quantitative estimate of drug-likeness (QED) is 0.474. The van der Waals surface area contributed by atoms with Crippen LogP contribution in [0.5, 0.6) is 0 Å². The van der Waals surface area contributed by atoms with E-state index in [4.69, 9.17) is 14.1 Å². The second-order valence-corrected chi connectivity index (χ2v) is 7.74. The minimum atomic E-state index is -0.0561. The summed E-state index contributed by atoms with van der Waals surface area (Å²) in [4.78, 5) is 9.28. The summed E-state index contributed by atoms with van der Waals surface area (Å²) < 4.78 is 10.5. The van der Waals surface area contributed by atoms with E-state index in [0.29, 0.717) is 18.3 Å². The third-order valence-electron chi connectivity index (χ3n) is 5.67. The number of anilines is 1. The molecule has 3 heterocycles. The number of rotatable bonds is 6. The van der Waals surface area contributed by atoms with Crippen LogP contribution in [0.4, 0.5) is 5.82 Å². The molecule has 158 valence electrons. The van der Waals surface area contributed by atoms with Crippen molar-refractivity contribution in [3.05, 3.63) is 89.2 Å². The van der Waals surface area contributed by atoms with Crippen LogP contribution in [-0.2, 0) is 6.54 Å². The number of nitrogens with zero attached hydrogens (tertiary/aromatic N) is 6. The van der Waals surface area contributed by atoms with Crippen molar-refractivity contribution in [1.29, 1.82) is 0 Å². The van der Waals surface area contributed by atoms with Crippen LogP contribution in [0.1, 0.15) is 34.5 Å². The van der Waals surface area contributed by atoms with Crippen LogP contribution in [0, 0.1) is 6.92 Å². The molecule has 0 unspecified atom stereocenters. The molecule has 1 aliphatic rings. The first-order valence-electron chi connectivity index (χ1n) is 10.5. The highest BCUT2D eigenvalue weighted by molar-refractivity contribution is 5.41. The molecule has 1 saturated heterocycles. The van der Waals surface area contributed by atoms with E-state index < -0.39 is 0 Å². The van der Waals surface area contributed by atoms with Gasteiger partial charge in [0.1, 0.15) is 5.69 Å². The Bertz CT molecular complexity index is 1060. The summed E-state index contributed by atoms with van der Waals surface area (Å²) in [6.45, 7) is 6.01. The fourth-order valence-electron chi connectivity index (χ4n) is 4.05. The van der Waals surface area contributed by atoms with Crippen LogP contribution >= 0.6 is 0 Å². The molecule has 0 bridgehead atoms. The predicted molar refractivity (Wildman–Crippen MR) is 115 cm³/mol. The molecular weight excluding hydrogens is 392 g/mol. The van der Waals surface area contributed by atoms with Gasteiger partial charge in [0.25, 0.3) is 0 Å². The van der Waals surface area contributed by atoms with Gasteiger partial charge in [-0.25, -0.2) is 4.63 Å². The van der Waals surface area contributed by atoms with E-state index in [0.717, 1.165) is 48.8 Å². The van der Waals surface area contributed by atoms with Gasteiger partial charge in [-0.3, -0.25) is 4.90 Å². The molecule has 0 radical (unpaired) electrons. The molecule has 1 aliphatic heterocycles. The van der Waals surface area contributed by atoms with E-state index in [9.17, 15) is 0 Å². The van der Waals surface area contributed by atoms with E-state index in [1.807, 2.05) is 43.3 Å². The molecule has 31 heavy (non-hydrogen) atoms. The molecule has 1 fully saturated rings.